The molecule has 0 radical (unpaired) electrons. The second kappa shape index (κ2) is 4.84. The predicted octanol–water partition coefficient (Wildman–Crippen LogP) is 3.01. The van der Waals surface area contributed by atoms with Crippen molar-refractivity contribution in [2.24, 2.45) is 17.1 Å². The molecule has 90 valence electrons. The third kappa shape index (κ3) is 2.64. The molecule has 1 aromatic heterocycles. The average molecular weight is 238 g/mol. The second-order valence-electron chi connectivity index (χ2n) is 5.57. The van der Waals surface area contributed by atoms with Crippen LogP contribution in [0.5, 0.6) is 0 Å². The van der Waals surface area contributed by atoms with Crippen molar-refractivity contribution in [3.8, 4) is 0 Å². The van der Waals surface area contributed by atoms with Gasteiger partial charge >= 0.3 is 0 Å². The first kappa shape index (κ1) is 12.1. The zero-order chi connectivity index (χ0) is 11.6. The number of hydrogen-bond donors (Lipinski definition) is 1. The van der Waals surface area contributed by atoms with Crippen LogP contribution in [0.2, 0.25) is 0 Å². The Morgan fingerprint density at radius 3 is 2.75 bits per heavy atom. The lowest BCUT2D eigenvalue weighted by Crippen LogP contribution is -2.39. The summed E-state index contributed by atoms with van der Waals surface area (Å²) in [5, 5.41) is 3.51. The number of nitrogens with zero attached hydrogens (tertiary/aromatic N) is 1. The van der Waals surface area contributed by atoms with Crippen LogP contribution in [0.1, 0.15) is 43.8 Å². The van der Waals surface area contributed by atoms with Crippen LogP contribution in [0, 0.1) is 11.3 Å². The van der Waals surface area contributed by atoms with Gasteiger partial charge in [0.2, 0.25) is 0 Å². The topological polar surface area (TPSA) is 38.9 Å². The molecule has 0 aliphatic heterocycles. The molecule has 2 N–H and O–H groups in total. The van der Waals surface area contributed by atoms with Gasteiger partial charge in [0.05, 0.1) is 10.7 Å². The normalized spacial score (nSPS) is 18.8. The van der Waals surface area contributed by atoms with Gasteiger partial charge in [-0.1, -0.05) is 20.3 Å². The number of hydrogen-bond acceptors (Lipinski definition) is 3. The molecule has 1 aliphatic carbocycles. The van der Waals surface area contributed by atoms with Crippen LogP contribution < -0.4 is 5.73 Å². The van der Waals surface area contributed by atoms with E-state index in [0.29, 0.717) is 11.3 Å². The quantitative estimate of drug-likeness (QED) is 0.856. The first-order valence-electron chi connectivity index (χ1n) is 6.27. The molecule has 0 amide bonds. The summed E-state index contributed by atoms with van der Waals surface area (Å²) in [6, 6.07) is 0. The largest absolute Gasteiger partial charge is 0.330 e. The molecule has 1 heterocycles. The van der Waals surface area contributed by atoms with Gasteiger partial charge in [-0.05, 0) is 37.1 Å². The molecule has 0 spiro atoms. The molecular formula is C13H22N2S. The van der Waals surface area contributed by atoms with E-state index >= 15 is 0 Å². The van der Waals surface area contributed by atoms with Gasteiger partial charge in [0.25, 0.3) is 0 Å². The summed E-state index contributed by atoms with van der Waals surface area (Å²) in [5.41, 5.74) is 7.54. The highest BCUT2D eigenvalue weighted by molar-refractivity contribution is 7.09. The number of rotatable bonds is 5. The lowest BCUT2D eigenvalue weighted by atomic mass is 9.67. The minimum atomic E-state index is 0.396. The van der Waals surface area contributed by atoms with E-state index in [1.807, 2.05) is 11.3 Å². The van der Waals surface area contributed by atoms with Gasteiger partial charge in [0, 0.05) is 11.8 Å². The summed E-state index contributed by atoms with van der Waals surface area (Å²) in [6.45, 7) is 5.31. The predicted molar refractivity (Wildman–Crippen MR) is 69.7 cm³/mol. The van der Waals surface area contributed by atoms with Crippen molar-refractivity contribution >= 4 is 11.3 Å². The third-order valence-corrected chi connectivity index (χ3v) is 4.49. The molecule has 2 rings (SSSR count). The van der Waals surface area contributed by atoms with Crippen molar-refractivity contribution in [2.75, 3.05) is 6.54 Å². The van der Waals surface area contributed by atoms with E-state index in [2.05, 4.69) is 19.2 Å². The first-order chi connectivity index (χ1) is 7.63. The zero-order valence-electron chi connectivity index (χ0n) is 10.3. The van der Waals surface area contributed by atoms with Crippen LogP contribution in [0.4, 0.5) is 0 Å². The Balaban J connectivity index is 1.97. The highest BCUT2D eigenvalue weighted by Crippen LogP contribution is 2.43. The highest BCUT2D eigenvalue weighted by atomic mass is 32.1. The zero-order valence-corrected chi connectivity index (χ0v) is 11.1. The Morgan fingerprint density at radius 2 is 2.25 bits per heavy atom. The van der Waals surface area contributed by atoms with Gasteiger partial charge in [-0.15, -0.1) is 11.3 Å². The number of nitrogens with two attached hydrogens (primary N) is 1. The van der Waals surface area contributed by atoms with E-state index in [1.165, 1.54) is 30.0 Å². The molecule has 2 nitrogen and oxygen atoms in total. The Kier molecular flexibility index (Phi) is 3.65. The smallest absolute Gasteiger partial charge is 0.0934 e. The van der Waals surface area contributed by atoms with Crippen LogP contribution in [0.25, 0.3) is 0 Å². The fourth-order valence-corrected chi connectivity index (χ4v) is 3.37. The number of thiazole rings is 1. The molecule has 0 atom stereocenters. The van der Waals surface area contributed by atoms with Crippen LogP contribution >= 0.6 is 11.3 Å². The Bertz CT molecular complexity index is 334. The van der Waals surface area contributed by atoms with Crippen molar-refractivity contribution in [3.05, 3.63) is 16.1 Å². The maximum Gasteiger partial charge on any atom is 0.0934 e. The molecule has 0 unspecified atom stereocenters. The van der Waals surface area contributed by atoms with E-state index < -0.39 is 0 Å². The van der Waals surface area contributed by atoms with Gasteiger partial charge in [-0.3, -0.25) is 0 Å². The monoisotopic (exact) mass is 238 g/mol. The Morgan fingerprint density at radius 1 is 1.50 bits per heavy atom. The maximum atomic E-state index is 5.88. The van der Waals surface area contributed by atoms with Crippen molar-refractivity contribution < 1.29 is 0 Å². The molecule has 1 saturated carbocycles. The summed E-state index contributed by atoms with van der Waals surface area (Å²) in [4.78, 5) is 4.73. The van der Waals surface area contributed by atoms with E-state index in [9.17, 15) is 0 Å². The van der Waals surface area contributed by atoms with Gasteiger partial charge in [-0.25, -0.2) is 4.98 Å². The highest BCUT2D eigenvalue weighted by Gasteiger charge is 2.36. The first-order valence-corrected chi connectivity index (χ1v) is 7.15. The summed E-state index contributed by atoms with van der Waals surface area (Å²) in [7, 11) is 0. The SMILES string of the molecule is CC(C)Cc1csc(CC2(CN)CCC2)n1. The molecular weight excluding hydrogens is 216 g/mol. The van der Waals surface area contributed by atoms with Crippen LogP contribution in [0.15, 0.2) is 5.38 Å². The molecule has 1 fully saturated rings. The lowest BCUT2D eigenvalue weighted by Gasteiger charge is -2.40. The van der Waals surface area contributed by atoms with Crippen molar-refractivity contribution in [3.63, 3.8) is 0 Å². The Hall–Kier alpha value is -0.410. The summed E-state index contributed by atoms with van der Waals surface area (Å²) < 4.78 is 0. The second-order valence-corrected chi connectivity index (χ2v) is 6.51. The third-order valence-electron chi connectivity index (χ3n) is 3.59. The van der Waals surface area contributed by atoms with E-state index in [4.69, 9.17) is 10.7 Å². The molecule has 0 bridgehead atoms. The van der Waals surface area contributed by atoms with E-state index in [1.54, 1.807) is 0 Å². The lowest BCUT2D eigenvalue weighted by molar-refractivity contribution is 0.144. The van der Waals surface area contributed by atoms with Gasteiger partial charge in [-0.2, -0.15) is 0 Å². The summed E-state index contributed by atoms with van der Waals surface area (Å²) >= 11 is 1.82. The minimum Gasteiger partial charge on any atom is -0.330 e. The van der Waals surface area contributed by atoms with Crippen molar-refractivity contribution in [1.29, 1.82) is 0 Å². The number of aromatic nitrogens is 1. The van der Waals surface area contributed by atoms with E-state index in [-0.39, 0.29) is 0 Å². The molecule has 1 aliphatic rings. The standard InChI is InChI=1S/C13H22N2S/c1-10(2)6-11-8-16-12(15-11)7-13(9-14)4-3-5-13/h8,10H,3-7,9,14H2,1-2H3. The molecule has 1 aromatic rings. The summed E-state index contributed by atoms with van der Waals surface area (Å²) in [5.74, 6) is 0.696. The van der Waals surface area contributed by atoms with Crippen LogP contribution in [-0.4, -0.2) is 11.5 Å². The molecule has 0 saturated heterocycles. The van der Waals surface area contributed by atoms with Crippen molar-refractivity contribution in [2.45, 2.75) is 46.0 Å². The molecule has 3 heteroatoms. The van der Waals surface area contributed by atoms with Crippen LogP contribution in [0.3, 0.4) is 0 Å². The fraction of sp³-hybridized carbons (Fsp3) is 0.769. The summed E-state index contributed by atoms with van der Waals surface area (Å²) in [6.07, 6.45) is 6.14. The Labute approximate surface area is 102 Å². The van der Waals surface area contributed by atoms with Gasteiger partial charge in [0.1, 0.15) is 0 Å². The minimum absolute atomic E-state index is 0.396. The van der Waals surface area contributed by atoms with E-state index in [0.717, 1.165) is 19.4 Å². The van der Waals surface area contributed by atoms with Crippen LogP contribution in [-0.2, 0) is 12.8 Å². The van der Waals surface area contributed by atoms with Gasteiger partial charge in [0.15, 0.2) is 0 Å². The molecule has 0 aromatic carbocycles. The molecule has 16 heavy (non-hydrogen) atoms. The maximum absolute atomic E-state index is 5.88. The average Bonchev–Trinajstić information content (AvgIpc) is 2.58. The van der Waals surface area contributed by atoms with Crippen molar-refractivity contribution in [1.82, 2.24) is 4.98 Å². The van der Waals surface area contributed by atoms with Gasteiger partial charge < -0.3 is 5.73 Å². The fourth-order valence-electron chi connectivity index (χ4n) is 2.39.